The van der Waals surface area contributed by atoms with Crippen LogP contribution in [0.15, 0.2) is 77.9 Å². The van der Waals surface area contributed by atoms with Gasteiger partial charge >= 0.3 is 0 Å². The van der Waals surface area contributed by atoms with E-state index >= 15 is 0 Å². The molecule has 1 fully saturated rings. The van der Waals surface area contributed by atoms with E-state index in [1.54, 1.807) is 6.92 Å². The minimum Gasteiger partial charge on any atom is -0.368 e. The molecule has 0 saturated carbocycles. The molecule has 1 saturated heterocycles. The lowest BCUT2D eigenvalue weighted by Gasteiger charge is -2.37. The fourth-order valence-electron chi connectivity index (χ4n) is 3.62. The van der Waals surface area contributed by atoms with Gasteiger partial charge in [0.2, 0.25) is 0 Å². The van der Waals surface area contributed by atoms with Gasteiger partial charge in [0.05, 0.1) is 5.69 Å². The van der Waals surface area contributed by atoms with E-state index in [9.17, 15) is 4.79 Å². The van der Waals surface area contributed by atoms with Crippen molar-refractivity contribution in [2.45, 2.75) is 6.92 Å². The number of benzene rings is 3. The van der Waals surface area contributed by atoms with Crippen molar-refractivity contribution >= 4 is 33.8 Å². The summed E-state index contributed by atoms with van der Waals surface area (Å²) in [6, 6.07) is 24.6. The predicted molar refractivity (Wildman–Crippen MR) is 116 cm³/mol. The fourth-order valence-corrected chi connectivity index (χ4v) is 3.62. The highest BCUT2D eigenvalue weighted by molar-refractivity contribution is 6.38. The van der Waals surface area contributed by atoms with Crippen LogP contribution in [-0.2, 0) is 4.79 Å². The van der Waals surface area contributed by atoms with Crippen molar-refractivity contribution in [3.8, 4) is 0 Å². The Hall–Kier alpha value is -3.34. The first-order valence-corrected chi connectivity index (χ1v) is 9.60. The number of anilines is 2. The van der Waals surface area contributed by atoms with E-state index in [0.717, 1.165) is 42.6 Å². The maximum atomic E-state index is 12.3. The number of Topliss-reactive ketones (excluding diaryl/α,β-unsaturated/α-hetero) is 1. The van der Waals surface area contributed by atoms with Crippen molar-refractivity contribution in [1.29, 1.82) is 0 Å². The van der Waals surface area contributed by atoms with Crippen LogP contribution in [-0.4, -0.2) is 42.7 Å². The lowest BCUT2D eigenvalue weighted by Crippen LogP contribution is -2.50. The topological polar surface area (TPSA) is 47.9 Å². The third kappa shape index (κ3) is 3.83. The number of para-hydroxylation sites is 1. The van der Waals surface area contributed by atoms with Crippen molar-refractivity contribution in [1.82, 2.24) is 4.90 Å². The third-order valence-electron chi connectivity index (χ3n) is 5.09. The Balaban J connectivity index is 1.49. The Bertz CT molecular complexity index is 986. The number of nitrogens with zero attached hydrogens (tertiary/aromatic N) is 3. The quantitative estimate of drug-likeness (QED) is 0.428. The van der Waals surface area contributed by atoms with E-state index in [4.69, 9.17) is 0 Å². The number of hydrogen-bond acceptors (Lipinski definition) is 4. The first-order valence-electron chi connectivity index (χ1n) is 9.60. The number of rotatable bonds is 4. The monoisotopic (exact) mass is 372 g/mol. The van der Waals surface area contributed by atoms with Crippen LogP contribution in [0.4, 0.5) is 11.4 Å². The molecule has 3 aromatic rings. The number of fused-ring (bicyclic) bond motifs is 1. The van der Waals surface area contributed by atoms with Gasteiger partial charge in [-0.1, -0.05) is 54.6 Å². The number of amidine groups is 1. The van der Waals surface area contributed by atoms with E-state index in [0.29, 0.717) is 5.84 Å². The number of hydrazone groups is 1. The second kappa shape index (κ2) is 8.13. The van der Waals surface area contributed by atoms with Crippen LogP contribution in [0.1, 0.15) is 6.92 Å². The summed E-state index contributed by atoms with van der Waals surface area (Å²) >= 11 is 0. The summed E-state index contributed by atoms with van der Waals surface area (Å²) in [5.41, 5.74) is 5.24. The average Bonchev–Trinajstić information content (AvgIpc) is 2.75. The van der Waals surface area contributed by atoms with Crippen LogP contribution in [0.25, 0.3) is 10.8 Å². The molecular weight excluding hydrogens is 348 g/mol. The first-order chi connectivity index (χ1) is 13.7. The minimum atomic E-state index is -0.0269. The van der Waals surface area contributed by atoms with Gasteiger partial charge in [-0.3, -0.25) is 10.2 Å². The SMILES string of the molecule is CC(=O)/C(=N\Nc1cccc2ccccc12)N1CCN(c2ccccc2)CC1. The highest BCUT2D eigenvalue weighted by Crippen LogP contribution is 2.23. The molecule has 4 rings (SSSR count). The lowest BCUT2D eigenvalue weighted by molar-refractivity contribution is -0.111. The summed E-state index contributed by atoms with van der Waals surface area (Å²) in [5.74, 6) is 0.460. The van der Waals surface area contributed by atoms with Gasteiger partial charge < -0.3 is 9.80 Å². The summed E-state index contributed by atoms with van der Waals surface area (Å²) in [5, 5.41) is 6.72. The van der Waals surface area contributed by atoms with Crippen molar-refractivity contribution in [3.63, 3.8) is 0 Å². The smallest absolute Gasteiger partial charge is 0.196 e. The molecule has 1 aliphatic rings. The maximum absolute atomic E-state index is 12.3. The Morgan fingerprint density at radius 2 is 1.54 bits per heavy atom. The maximum Gasteiger partial charge on any atom is 0.196 e. The molecule has 0 bridgehead atoms. The molecule has 28 heavy (non-hydrogen) atoms. The van der Waals surface area contributed by atoms with Crippen LogP contribution in [0.2, 0.25) is 0 Å². The van der Waals surface area contributed by atoms with E-state index in [2.05, 4.69) is 62.8 Å². The van der Waals surface area contributed by atoms with E-state index in [-0.39, 0.29) is 5.78 Å². The van der Waals surface area contributed by atoms with Gasteiger partial charge in [-0.05, 0) is 23.6 Å². The largest absolute Gasteiger partial charge is 0.368 e. The van der Waals surface area contributed by atoms with Crippen molar-refractivity contribution in [3.05, 3.63) is 72.8 Å². The van der Waals surface area contributed by atoms with Crippen molar-refractivity contribution in [2.24, 2.45) is 5.10 Å². The van der Waals surface area contributed by atoms with Gasteiger partial charge in [0.1, 0.15) is 0 Å². The van der Waals surface area contributed by atoms with E-state index < -0.39 is 0 Å². The molecule has 5 nitrogen and oxygen atoms in total. The summed E-state index contributed by atoms with van der Waals surface area (Å²) in [6.07, 6.45) is 0. The molecule has 0 aliphatic carbocycles. The third-order valence-corrected chi connectivity index (χ3v) is 5.09. The Kier molecular flexibility index (Phi) is 5.24. The molecule has 3 aromatic carbocycles. The molecule has 0 radical (unpaired) electrons. The average molecular weight is 372 g/mol. The number of piperazine rings is 1. The van der Waals surface area contributed by atoms with Gasteiger partial charge in [-0.2, -0.15) is 5.10 Å². The Labute approximate surface area is 165 Å². The predicted octanol–water partition coefficient (Wildman–Crippen LogP) is 3.98. The highest BCUT2D eigenvalue weighted by Gasteiger charge is 2.22. The zero-order valence-corrected chi connectivity index (χ0v) is 16.0. The molecule has 1 N–H and O–H groups in total. The van der Waals surface area contributed by atoms with E-state index in [1.807, 2.05) is 30.3 Å². The fraction of sp³-hybridized carbons (Fsp3) is 0.217. The second-order valence-corrected chi connectivity index (χ2v) is 6.94. The molecular formula is C23H24N4O. The van der Waals surface area contributed by atoms with Gasteiger partial charge in [0.15, 0.2) is 11.6 Å². The van der Waals surface area contributed by atoms with Crippen LogP contribution < -0.4 is 10.3 Å². The first kappa shape index (κ1) is 18.0. The molecule has 0 amide bonds. The number of hydrogen-bond donors (Lipinski definition) is 1. The zero-order valence-electron chi connectivity index (χ0n) is 16.0. The van der Waals surface area contributed by atoms with Crippen LogP contribution in [0.3, 0.4) is 0 Å². The summed E-state index contributed by atoms with van der Waals surface area (Å²) < 4.78 is 0. The van der Waals surface area contributed by atoms with Crippen LogP contribution in [0, 0.1) is 0 Å². The standard InChI is InChI=1S/C23H24N4O/c1-18(28)23(25-24-22-13-7-9-19-8-5-6-12-21(19)22)27-16-14-26(15-17-27)20-10-3-2-4-11-20/h2-13,24H,14-17H2,1H3/b25-23+. The van der Waals surface area contributed by atoms with Gasteiger partial charge in [0.25, 0.3) is 0 Å². The van der Waals surface area contributed by atoms with Gasteiger partial charge in [-0.25, -0.2) is 0 Å². The number of nitrogens with one attached hydrogen (secondary N) is 1. The normalized spacial score (nSPS) is 15.0. The number of ketones is 1. The molecule has 1 aliphatic heterocycles. The Morgan fingerprint density at radius 1 is 0.857 bits per heavy atom. The molecule has 0 spiro atoms. The zero-order chi connectivity index (χ0) is 19.3. The molecule has 0 unspecified atom stereocenters. The number of carbonyl (C=O) groups is 1. The second-order valence-electron chi connectivity index (χ2n) is 6.94. The lowest BCUT2D eigenvalue weighted by atomic mass is 10.1. The Morgan fingerprint density at radius 3 is 2.29 bits per heavy atom. The summed E-state index contributed by atoms with van der Waals surface area (Å²) in [6.45, 7) is 4.84. The molecule has 142 valence electrons. The highest BCUT2D eigenvalue weighted by atomic mass is 16.1. The minimum absolute atomic E-state index is 0.0269. The van der Waals surface area contributed by atoms with Gasteiger partial charge in [0, 0.05) is 44.2 Å². The molecule has 1 heterocycles. The molecule has 0 aromatic heterocycles. The van der Waals surface area contributed by atoms with Crippen molar-refractivity contribution < 1.29 is 4.79 Å². The summed E-state index contributed by atoms with van der Waals surface area (Å²) in [7, 11) is 0. The molecule has 5 heteroatoms. The van der Waals surface area contributed by atoms with Crippen LogP contribution >= 0.6 is 0 Å². The van der Waals surface area contributed by atoms with Crippen molar-refractivity contribution in [2.75, 3.05) is 36.5 Å². The van der Waals surface area contributed by atoms with Crippen LogP contribution in [0.5, 0.6) is 0 Å². The van der Waals surface area contributed by atoms with E-state index in [1.165, 1.54) is 5.69 Å². The molecule has 0 atom stereocenters. The number of carbonyl (C=O) groups excluding carboxylic acids is 1. The summed E-state index contributed by atoms with van der Waals surface area (Å²) in [4.78, 5) is 16.7. The van der Waals surface area contributed by atoms with Gasteiger partial charge in [-0.15, -0.1) is 0 Å².